The van der Waals surface area contributed by atoms with Crippen molar-refractivity contribution in [2.75, 3.05) is 18.9 Å². The minimum Gasteiger partial charge on any atom is -0.481 e. The van der Waals surface area contributed by atoms with Crippen LogP contribution >= 0.6 is 0 Å². The first-order chi connectivity index (χ1) is 20.3. The Kier molecular flexibility index (Phi) is 11.7. The number of ether oxygens (including phenoxy) is 2. The van der Waals surface area contributed by atoms with Crippen LogP contribution in [-0.4, -0.2) is 46.7 Å². The van der Waals surface area contributed by atoms with Crippen LogP contribution in [-0.2, 0) is 25.7 Å². The number of nitrogens with zero attached hydrogens (tertiary/aromatic N) is 1. The van der Waals surface area contributed by atoms with Crippen molar-refractivity contribution < 1.29 is 29.3 Å². The Bertz CT molecular complexity index is 1280. The van der Waals surface area contributed by atoms with E-state index in [1.54, 1.807) is 0 Å². The highest BCUT2D eigenvalue weighted by Gasteiger charge is 2.33. The van der Waals surface area contributed by atoms with Crippen molar-refractivity contribution >= 4 is 17.6 Å². The number of unbranched alkanes of at least 4 members (excludes halogenated alkanes) is 2. The maximum Gasteiger partial charge on any atom is 0.303 e. The number of aliphatic hydroxyl groups is 1. The first kappa shape index (κ1) is 31.4. The third-order valence-electron chi connectivity index (χ3n) is 7.79. The molecule has 1 fully saturated rings. The molecule has 1 amide bonds. The molecule has 8 nitrogen and oxygen atoms in total. The van der Waals surface area contributed by atoms with Gasteiger partial charge in [-0.1, -0.05) is 73.2 Å². The standard InChI is InChI=1S/C34H42N2O6/c1-24(26-10-5-3-6-11-26)36(2)22-30-21-31(27-18-16-25(23-37)17-19-27)42-34(41-30)28-12-9-13-29(20-28)35-32(38)14-7-4-8-15-33(39)40/h3,5-6,9-13,16-20,24,30-31,34,37H,4,7-8,14-15,21-23H2,1-2H3,(H,35,38)(H,39,40)/t24-,30-,31+,34+/m0/s1. The average Bonchev–Trinajstić information content (AvgIpc) is 3.00. The molecule has 3 aromatic rings. The highest BCUT2D eigenvalue weighted by Crippen LogP contribution is 2.39. The lowest BCUT2D eigenvalue weighted by molar-refractivity contribution is -0.253. The Hall–Kier alpha value is -3.56. The largest absolute Gasteiger partial charge is 0.481 e. The normalized spacial score (nSPS) is 19.4. The summed E-state index contributed by atoms with van der Waals surface area (Å²) in [4.78, 5) is 25.5. The van der Waals surface area contributed by atoms with Crippen LogP contribution in [0.15, 0.2) is 78.9 Å². The molecule has 3 N–H and O–H groups in total. The second-order valence-electron chi connectivity index (χ2n) is 11.0. The maximum absolute atomic E-state index is 12.5. The molecule has 4 rings (SSSR count). The number of rotatable bonds is 14. The quantitative estimate of drug-likeness (QED) is 0.192. The summed E-state index contributed by atoms with van der Waals surface area (Å²) in [6.07, 6.45) is 2.11. The van der Waals surface area contributed by atoms with Crippen molar-refractivity contribution in [3.05, 3.63) is 101 Å². The predicted molar refractivity (Wildman–Crippen MR) is 162 cm³/mol. The minimum atomic E-state index is -0.813. The summed E-state index contributed by atoms with van der Waals surface area (Å²) in [5.74, 6) is -0.920. The molecule has 224 valence electrons. The molecule has 0 unspecified atom stereocenters. The Labute approximate surface area is 248 Å². The second kappa shape index (κ2) is 15.6. The van der Waals surface area contributed by atoms with Gasteiger partial charge in [-0.2, -0.15) is 0 Å². The van der Waals surface area contributed by atoms with Crippen LogP contribution in [0.2, 0.25) is 0 Å². The lowest BCUT2D eigenvalue weighted by Gasteiger charge is -2.39. The Morgan fingerprint density at radius 3 is 2.38 bits per heavy atom. The number of hydrogen-bond donors (Lipinski definition) is 3. The Morgan fingerprint density at radius 1 is 0.929 bits per heavy atom. The molecule has 1 aliphatic rings. The summed E-state index contributed by atoms with van der Waals surface area (Å²) in [6, 6.07) is 26.0. The first-order valence-electron chi connectivity index (χ1n) is 14.7. The zero-order valence-corrected chi connectivity index (χ0v) is 24.4. The number of carboxylic acid groups (broad SMARTS) is 1. The molecule has 0 saturated carbocycles. The fourth-order valence-electron chi connectivity index (χ4n) is 5.22. The molecule has 0 aliphatic carbocycles. The van der Waals surface area contributed by atoms with Crippen LogP contribution < -0.4 is 5.32 Å². The Morgan fingerprint density at radius 2 is 1.67 bits per heavy atom. The lowest BCUT2D eigenvalue weighted by Crippen LogP contribution is -2.38. The molecule has 0 radical (unpaired) electrons. The van der Waals surface area contributed by atoms with Crippen molar-refractivity contribution in [1.29, 1.82) is 0 Å². The molecule has 3 aromatic carbocycles. The zero-order valence-electron chi connectivity index (χ0n) is 24.4. The number of anilines is 1. The van der Waals surface area contributed by atoms with Crippen molar-refractivity contribution in [1.82, 2.24) is 4.90 Å². The first-order valence-corrected chi connectivity index (χ1v) is 14.7. The van der Waals surface area contributed by atoms with Crippen molar-refractivity contribution in [3.8, 4) is 0 Å². The van der Waals surface area contributed by atoms with Gasteiger partial charge in [0.25, 0.3) is 0 Å². The number of carboxylic acids is 1. The zero-order chi connectivity index (χ0) is 29.9. The van der Waals surface area contributed by atoms with Gasteiger partial charge in [0.05, 0.1) is 18.8 Å². The van der Waals surface area contributed by atoms with Gasteiger partial charge in [-0.25, -0.2) is 0 Å². The molecular formula is C34H42N2O6. The van der Waals surface area contributed by atoms with Crippen LogP contribution in [0.5, 0.6) is 0 Å². The van der Waals surface area contributed by atoms with Crippen LogP contribution in [0, 0.1) is 0 Å². The average molecular weight is 575 g/mol. The molecule has 42 heavy (non-hydrogen) atoms. The molecular weight excluding hydrogens is 532 g/mol. The number of nitrogens with one attached hydrogen (secondary N) is 1. The van der Waals surface area contributed by atoms with Gasteiger partial charge in [0, 0.05) is 43.1 Å². The highest BCUT2D eigenvalue weighted by molar-refractivity contribution is 5.90. The SMILES string of the molecule is C[C@@H](c1ccccc1)N(C)C[C@@H]1C[C@H](c2ccc(CO)cc2)O[C@H](c2cccc(NC(=O)CCCCCC(=O)O)c2)O1. The van der Waals surface area contributed by atoms with E-state index in [0.717, 1.165) is 16.7 Å². The summed E-state index contributed by atoms with van der Waals surface area (Å²) < 4.78 is 13.0. The molecule has 1 heterocycles. The smallest absolute Gasteiger partial charge is 0.303 e. The van der Waals surface area contributed by atoms with Crippen LogP contribution in [0.1, 0.15) is 86.1 Å². The van der Waals surface area contributed by atoms with E-state index in [1.807, 2.05) is 54.6 Å². The third-order valence-corrected chi connectivity index (χ3v) is 7.79. The van der Waals surface area contributed by atoms with E-state index in [1.165, 1.54) is 5.56 Å². The van der Waals surface area contributed by atoms with Gasteiger partial charge >= 0.3 is 5.97 Å². The second-order valence-corrected chi connectivity index (χ2v) is 11.0. The molecule has 0 aromatic heterocycles. The summed E-state index contributed by atoms with van der Waals surface area (Å²) >= 11 is 0. The highest BCUT2D eigenvalue weighted by atomic mass is 16.7. The monoisotopic (exact) mass is 574 g/mol. The number of carbonyl (C=O) groups is 2. The molecule has 8 heteroatoms. The topological polar surface area (TPSA) is 108 Å². The van der Waals surface area contributed by atoms with Crippen LogP contribution in [0.25, 0.3) is 0 Å². The van der Waals surface area contributed by atoms with Gasteiger partial charge in [-0.05, 0) is 55.6 Å². The molecule has 0 spiro atoms. The third kappa shape index (κ3) is 9.22. The molecule has 1 saturated heterocycles. The van der Waals surface area contributed by atoms with Crippen molar-refractivity contribution in [2.24, 2.45) is 0 Å². The summed E-state index contributed by atoms with van der Waals surface area (Å²) in [7, 11) is 2.11. The predicted octanol–water partition coefficient (Wildman–Crippen LogP) is 6.39. The van der Waals surface area contributed by atoms with Crippen LogP contribution in [0.3, 0.4) is 0 Å². The summed E-state index contributed by atoms with van der Waals surface area (Å²) in [5, 5.41) is 21.2. The van der Waals surface area contributed by atoms with E-state index in [9.17, 15) is 14.7 Å². The maximum atomic E-state index is 12.5. The van der Waals surface area contributed by atoms with Gasteiger partial charge < -0.3 is 25.0 Å². The van der Waals surface area contributed by atoms with Gasteiger partial charge in [0.2, 0.25) is 5.91 Å². The number of carbonyl (C=O) groups excluding carboxylic acids is 1. The van der Waals surface area contributed by atoms with Crippen LogP contribution in [0.4, 0.5) is 5.69 Å². The summed E-state index contributed by atoms with van der Waals surface area (Å²) in [5.41, 5.74) is 4.59. The number of aliphatic hydroxyl groups excluding tert-OH is 1. The molecule has 4 atom stereocenters. The van der Waals surface area contributed by atoms with E-state index in [2.05, 4.69) is 48.5 Å². The number of amides is 1. The molecule has 1 aliphatic heterocycles. The fraction of sp³-hybridized carbons (Fsp3) is 0.412. The van der Waals surface area contributed by atoms with Crippen molar-refractivity contribution in [3.63, 3.8) is 0 Å². The van der Waals surface area contributed by atoms with Gasteiger partial charge in [-0.3, -0.25) is 14.5 Å². The number of likely N-dealkylation sites (N-methyl/N-ethyl adjacent to an activating group) is 1. The van der Waals surface area contributed by atoms with E-state index in [4.69, 9.17) is 14.6 Å². The van der Waals surface area contributed by atoms with Gasteiger partial charge in [0.1, 0.15) is 0 Å². The lowest BCUT2D eigenvalue weighted by atomic mass is 9.99. The van der Waals surface area contributed by atoms with E-state index in [0.29, 0.717) is 44.3 Å². The van der Waals surface area contributed by atoms with Crippen molar-refractivity contribution in [2.45, 2.75) is 76.6 Å². The van der Waals surface area contributed by atoms with E-state index < -0.39 is 12.3 Å². The number of aliphatic carboxylic acids is 1. The number of benzene rings is 3. The number of hydrogen-bond acceptors (Lipinski definition) is 6. The fourth-order valence-corrected chi connectivity index (χ4v) is 5.22. The van der Waals surface area contributed by atoms with Gasteiger partial charge in [-0.15, -0.1) is 0 Å². The van der Waals surface area contributed by atoms with E-state index in [-0.39, 0.29) is 37.2 Å². The minimum absolute atomic E-state index is 0.0107. The van der Waals surface area contributed by atoms with Gasteiger partial charge in [0.15, 0.2) is 6.29 Å². The summed E-state index contributed by atoms with van der Waals surface area (Å²) in [6.45, 7) is 2.89. The Balaban J connectivity index is 1.45. The van der Waals surface area contributed by atoms with E-state index >= 15 is 0 Å². The molecule has 0 bridgehead atoms.